The first-order valence-electron chi connectivity index (χ1n) is 7.82. The smallest absolute Gasteiger partial charge is 0.238 e. The summed E-state index contributed by atoms with van der Waals surface area (Å²) in [5.74, 6) is -5.07. The van der Waals surface area contributed by atoms with Crippen LogP contribution in [0.15, 0.2) is 42.5 Å². The van der Waals surface area contributed by atoms with Crippen LogP contribution in [-0.4, -0.2) is 37.6 Å². The monoisotopic (exact) mass is 327 g/mol. The summed E-state index contributed by atoms with van der Waals surface area (Å²) in [4.78, 5) is 39.9. The lowest BCUT2D eigenvalue weighted by Gasteiger charge is -2.48. The van der Waals surface area contributed by atoms with Gasteiger partial charge >= 0.3 is 0 Å². The van der Waals surface area contributed by atoms with Crippen LogP contribution >= 0.6 is 0 Å². The van der Waals surface area contributed by atoms with Crippen molar-refractivity contribution in [2.75, 3.05) is 19.1 Å². The van der Waals surface area contributed by atoms with Gasteiger partial charge in [0, 0.05) is 14.2 Å². The molecule has 4 atom stereocenters. The third-order valence-electron chi connectivity index (χ3n) is 5.40. The molecule has 5 rings (SSSR count). The average molecular weight is 327 g/mol. The summed E-state index contributed by atoms with van der Waals surface area (Å²) < 4.78 is 10.8. The number of allylic oxidation sites excluding steroid dienone is 1. The molecule has 0 spiro atoms. The second-order valence-corrected chi connectivity index (χ2v) is 6.28. The molecule has 2 amide bonds. The molecule has 1 aromatic carbocycles. The van der Waals surface area contributed by atoms with E-state index in [4.69, 9.17) is 9.47 Å². The van der Waals surface area contributed by atoms with Gasteiger partial charge in [-0.25, -0.2) is 0 Å². The van der Waals surface area contributed by atoms with E-state index in [9.17, 15) is 14.4 Å². The predicted molar refractivity (Wildman–Crippen MR) is 83.8 cm³/mol. The minimum absolute atomic E-state index is 0.294. The molecule has 3 aliphatic carbocycles. The number of rotatable bonds is 3. The molecule has 0 radical (unpaired) electrons. The second kappa shape index (κ2) is 5.09. The van der Waals surface area contributed by atoms with Gasteiger partial charge in [-0.1, -0.05) is 30.4 Å². The number of ketones is 1. The van der Waals surface area contributed by atoms with E-state index in [1.165, 1.54) is 19.1 Å². The molecular weight excluding hydrogens is 310 g/mol. The molecule has 4 aliphatic rings. The van der Waals surface area contributed by atoms with Gasteiger partial charge in [0.15, 0.2) is 5.78 Å². The van der Waals surface area contributed by atoms with Gasteiger partial charge in [0.2, 0.25) is 17.6 Å². The number of nitrogens with zero attached hydrogens (tertiary/aromatic N) is 1. The fraction of sp³-hybridized carbons (Fsp3) is 0.389. The van der Waals surface area contributed by atoms with Crippen LogP contribution in [0, 0.1) is 23.7 Å². The van der Waals surface area contributed by atoms with Gasteiger partial charge in [-0.2, -0.15) is 0 Å². The number of fused-ring (bicyclic) bond motifs is 1. The summed E-state index contributed by atoms with van der Waals surface area (Å²) >= 11 is 0. The number of hydrogen-bond acceptors (Lipinski definition) is 5. The van der Waals surface area contributed by atoms with Gasteiger partial charge < -0.3 is 9.47 Å². The number of carbonyl (C=O) groups is 3. The SMILES string of the molecule is COC1(OC)C(=O)[C@H]2C=C[C@@H]1[C@@H]1C(=O)N(c3ccccc3)C(=O)[C@@H]12. The van der Waals surface area contributed by atoms with E-state index in [1.54, 1.807) is 36.4 Å². The normalized spacial score (nSPS) is 33.2. The van der Waals surface area contributed by atoms with Crippen molar-refractivity contribution >= 4 is 23.3 Å². The van der Waals surface area contributed by atoms with Crippen molar-refractivity contribution in [3.8, 4) is 0 Å². The Labute approximate surface area is 139 Å². The number of amides is 2. The van der Waals surface area contributed by atoms with Crippen LogP contribution in [0.5, 0.6) is 0 Å². The zero-order valence-corrected chi connectivity index (χ0v) is 13.3. The molecule has 2 fully saturated rings. The Morgan fingerprint density at radius 2 is 1.54 bits per heavy atom. The highest BCUT2D eigenvalue weighted by Crippen LogP contribution is 2.53. The van der Waals surface area contributed by atoms with Crippen molar-refractivity contribution in [2.45, 2.75) is 5.79 Å². The Morgan fingerprint density at radius 3 is 2.17 bits per heavy atom. The lowest BCUT2D eigenvalue weighted by atomic mass is 9.59. The molecule has 0 N–H and O–H groups in total. The number of methoxy groups -OCH3 is 2. The predicted octanol–water partition coefficient (Wildman–Crippen LogP) is 1.17. The van der Waals surface area contributed by atoms with Crippen molar-refractivity contribution in [3.63, 3.8) is 0 Å². The largest absolute Gasteiger partial charge is 0.346 e. The number of carbonyl (C=O) groups excluding carboxylic acids is 3. The lowest BCUT2D eigenvalue weighted by Crippen LogP contribution is -2.63. The Hall–Kier alpha value is -2.31. The first-order valence-corrected chi connectivity index (χ1v) is 7.82. The molecule has 24 heavy (non-hydrogen) atoms. The summed E-state index contributed by atoms with van der Waals surface area (Å²) in [5.41, 5.74) is 0.522. The molecule has 6 heteroatoms. The van der Waals surface area contributed by atoms with E-state index >= 15 is 0 Å². The van der Waals surface area contributed by atoms with E-state index in [-0.39, 0.29) is 17.6 Å². The molecule has 1 aliphatic heterocycles. The number of imide groups is 1. The number of para-hydroxylation sites is 1. The Morgan fingerprint density at radius 1 is 0.917 bits per heavy atom. The van der Waals surface area contributed by atoms with Gasteiger partial charge in [0.1, 0.15) is 0 Å². The number of anilines is 1. The maximum atomic E-state index is 13.0. The number of Topliss-reactive ketones (excluding diaryl/α,β-unsaturated/α-hetero) is 1. The summed E-state index contributed by atoms with van der Waals surface area (Å²) in [5, 5.41) is 0. The molecule has 124 valence electrons. The third-order valence-corrected chi connectivity index (χ3v) is 5.40. The summed E-state index contributed by atoms with van der Waals surface area (Å²) in [6, 6.07) is 8.78. The van der Waals surface area contributed by atoms with Crippen LogP contribution in [0.25, 0.3) is 0 Å². The van der Waals surface area contributed by atoms with Crippen LogP contribution in [0.2, 0.25) is 0 Å². The molecule has 0 unspecified atom stereocenters. The summed E-state index contributed by atoms with van der Waals surface area (Å²) in [7, 11) is 2.78. The van der Waals surface area contributed by atoms with E-state index in [0.29, 0.717) is 5.69 Å². The van der Waals surface area contributed by atoms with Crippen LogP contribution in [0.1, 0.15) is 0 Å². The highest BCUT2D eigenvalue weighted by Gasteiger charge is 2.69. The zero-order valence-electron chi connectivity index (χ0n) is 13.3. The lowest BCUT2D eigenvalue weighted by molar-refractivity contribution is -0.245. The highest BCUT2D eigenvalue weighted by atomic mass is 16.7. The van der Waals surface area contributed by atoms with Crippen LogP contribution in [0.4, 0.5) is 5.69 Å². The van der Waals surface area contributed by atoms with Crippen LogP contribution < -0.4 is 4.90 Å². The van der Waals surface area contributed by atoms with Gasteiger partial charge in [0.05, 0.1) is 29.4 Å². The molecule has 1 heterocycles. The Bertz CT molecular complexity index is 752. The number of hydrogen-bond donors (Lipinski definition) is 0. The zero-order chi connectivity index (χ0) is 17.1. The van der Waals surface area contributed by atoms with Gasteiger partial charge in [-0.15, -0.1) is 0 Å². The molecule has 2 bridgehead atoms. The maximum absolute atomic E-state index is 13.0. The van der Waals surface area contributed by atoms with Crippen molar-refractivity contribution in [1.82, 2.24) is 0 Å². The van der Waals surface area contributed by atoms with Gasteiger partial charge in [0.25, 0.3) is 0 Å². The molecular formula is C18H17NO5. The fourth-order valence-electron chi connectivity index (χ4n) is 4.35. The van der Waals surface area contributed by atoms with Crippen molar-refractivity contribution in [3.05, 3.63) is 42.5 Å². The quantitative estimate of drug-likeness (QED) is 0.473. The Kier molecular flexibility index (Phi) is 3.23. The van der Waals surface area contributed by atoms with E-state index in [1.807, 2.05) is 6.07 Å². The van der Waals surface area contributed by atoms with Crippen molar-refractivity contribution < 1.29 is 23.9 Å². The van der Waals surface area contributed by atoms with Crippen molar-refractivity contribution in [1.29, 1.82) is 0 Å². The molecule has 0 aromatic heterocycles. The summed E-state index contributed by atoms with van der Waals surface area (Å²) in [6.07, 6.45) is 3.49. The average Bonchev–Trinajstić information content (AvgIpc) is 2.89. The minimum Gasteiger partial charge on any atom is -0.346 e. The standard InChI is InChI=1S/C18H17NO5/c1-23-18(24-2)12-9-8-11(15(18)20)13-14(12)17(22)19(16(13)21)10-6-4-3-5-7-10/h3-9,11-14H,1-2H3/t11-,12+,13+,14-/m0/s1. The molecule has 1 aromatic rings. The third kappa shape index (κ3) is 1.64. The first kappa shape index (κ1) is 15.2. The number of benzene rings is 1. The second-order valence-electron chi connectivity index (χ2n) is 6.28. The van der Waals surface area contributed by atoms with E-state index in [2.05, 4.69) is 0 Å². The van der Waals surface area contributed by atoms with Gasteiger partial charge in [-0.3, -0.25) is 19.3 Å². The fourth-order valence-corrected chi connectivity index (χ4v) is 4.35. The minimum atomic E-state index is -1.50. The first-order chi connectivity index (χ1) is 11.6. The van der Waals surface area contributed by atoms with E-state index < -0.39 is 29.5 Å². The Balaban J connectivity index is 1.82. The van der Waals surface area contributed by atoms with Crippen LogP contribution in [0.3, 0.4) is 0 Å². The molecule has 6 nitrogen and oxygen atoms in total. The summed E-state index contributed by atoms with van der Waals surface area (Å²) in [6.45, 7) is 0. The van der Waals surface area contributed by atoms with E-state index in [0.717, 1.165) is 0 Å². The molecule has 1 saturated heterocycles. The van der Waals surface area contributed by atoms with Crippen molar-refractivity contribution in [2.24, 2.45) is 23.7 Å². The number of ether oxygens (including phenoxy) is 2. The van der Waals surface area contributed by atoms with Crippen LogP contribution in [-0.2, 0) is 23.9 Å². The van der Waals surface area contributed by atoms with Gasteiger partial charge in [-0.05, 0) is 12.1 Å². The molecule has 1 saturated carbocycles. The topological polar surface area (TPSA) is 72.9 Å². The maximum Gasteiger partial charge on any atom is 0.238 e. The highest BCUT2D eigenvalue weighted by molar-refractivity contribution is 6.24.